The maximum atomic E-state index is 13.0. The maximum absolute atomic E-state index is 13.0. The van der Waals surface area contributed by atoms with E-state index in [-0.39, 0.29) is 18.2 Å². The van der Waals surface area contributed by atoms with Gasteiger partial charge in [0.15, 0.2) is 0 Å². The van der Waals surface area contributed by atoms with Crippen LogP contribution in [0.2, 0.25) is 0 Å². The molecule has 1 aromatic carbocycles. The summed E-state index contributed by atoms with van der Waals surface area (Å²) in [6.07, 6.45) is 4.80. The fourth-order valence-corrected chi connectivity index (χ4v) is 3.82. The van der Waals surface area contributed by atoms with Crippen LogP contribution in [-0.2, 0) is 21.1 Å². The van der Waals surface area contributed by atoms with E-state index in [2.05, 4.69) is 4.98 Å². The van der Waals surface area contributed by atoms with Crippen molar-refractivity contribution < 1.29 is 31.1 Å². The molecule has 1 atom stereocenters. The molecule has 0 aliphatic carbocycles. The van der Waals surface area contributed by atoms with E-state index < -0.39 is 26.1 Å². The number of sulfone groups is 1. The first-order chi connectivity index (χ1) is 13.7. The van der Waals surface area contributed by atoms with Crippen molar-refractivity contribution in [3.8, 4) is 0 Å². The van der Waals surface area contributed by atoms with Crippen LogP contribution in [0.1, 0.15) is 28.8 Å². The molecule has 3 rings (SSSR count). The highest BCUT2D eigenvalue weighted by atomic mass is 32.2. The van der Waals surface area contributed by atoms with Crippen LogP contribution in [0.3, 0.4) is 0 Å². The van der Waals surface area contributed by atoms with Crippen LogP contribution in [0.15, 0.2) is 53.7 Å². The van der Waals surface area contributed by atoms with Crippen LogP contribution in [0, 0.1) is 0 Å². The largest absolute Gasteiger partial charge is 0.501 e. The second-order valence-electron chi connectivity index (χ2n) is 6.66. The summed E-state index contributed by atoms with van der Waals surface area (Å²) < 4.78 is 66.7. The van der Waals surface area contributed by atoms with Gasteiger partial charge >= 0.3 is 5.51 Å². The SMILES string of the molecule is O=C(c1ccc(S(=O)(=O)C(F)(F)F)cc1)N(Cc1cccnc1)CC1CCCO1. The zero-order chi connectivity index (χ0) is 21.1. The molecule has 10 heteroatoms. The van der Waals surface area contributed by atoms with E-state index in [4.69, 9.17) is 4.74 Å². The topological polar surface area (TPSA) is 76.6 Å². The molecule has 1 saturated heterocycles. The monoisotopic (exact) mass is 428 g/mol. The number of aromatic nitrogens is 1. The van der Waals surface area contributed by atoms with E-state index in [0.717, 1.165) is 42.7 Å². The van der Waals surface area contributed by atoms with Gasteiger partial charge in [0.25, 0.3) is 15.7 Å². The van der Waals surface area contributed by atoms with Crippen molar-refractivity contribution >= 4 is 15.7 Å². The zero-order valence-electron chi connectivity index (χ0n) is 15.3. The lowest BCUT2D eigenvalue weighted by Gasteiger charge is -2.25. The number of pyridine rings is 1. The van der Waals surface area contributed by atoms with Crippen LogP contribution in [-0.4, -0.2) is 49.0 Å². The van der Waals surface area contributed by atoms with E-state index in [1.165, 1.54) is 4.90 Å². The number of hydrogen-bond acceptors (Lipinski definition) is 5. The summed E-state index contributed by atoms with van der Waals surface area (Å²) in [5, 5.41) is 0. The standard InChI is InChI=1S/C19H19F3N2O4S/c20-19(21,22)29(26,27)17-7-5-15(6-8-17)18(25)24(13-16-4-2-10-28-16)12-14-3-1-9-23-11-14/h1,3,5-9,11,16H,2,4,10,12-13H2. The maximum Gasteiger partial charge on any atom is 0.501 e. The highest BCUT2D eigenvalue weighted by Gasteiger charge is 2.46. The van der Waals surface area contributed by atoms with Gasteiger partial charge in [-0.1, -0.05) is 6.07 Å². The van der Waals surface area contributed by atoms with Crippen molar-refractivity contribution in [1.29, 1.82) is 0 Å². The number of benzene rings is 1. The molecule has 2 heterocycles. The van der Waals surface area contributed by atoms with Gasteiger partial charge in [-0.25, -0.2) is 8.42 Å². The van der Waals surface area contributed by atoms with Gasteiger partial charge in [-0.3, -0.25) is 9.78 Å². The first-order valence-corrected chi connectivity index (χ1v) is 10.4. The molecule has 0 saturated carbocycles. The molecule has 1 aromatic heterocycles. The number of nitrogens with zero attached hydrogens (tertiary/aromatic N) is 2. The number of carbonyl (C=O) groups excluding carboxylic acids is 1. The van der Waals surface area contributed by atoms with Gasteiger partial charge in [-0.15, -0.1) is 0 Å². The Bertz CT molecular complexity index is 942. The lowest BCUT2D eigenvalue weighted by Crippen LogP contribution is -2.37. The van der Waals surface area contributed by atoms with Crippen molar-refractivity contribution in [3.63, 3.8) is 0 Å². The predicted molar refractivity (Wildman–Crippen MR) is 97.6 cm³/mol. The number of rotatable bonds is 6. The number of amides is 1. The molecule has 0 spiro atoms. The molecule has 1 fully saturated rings. The van der Waals surface area contributed by atoms with Crippen LogP contribution in [0.4, 0.5) is 13.2 Å². The van der Waals surface area contributed by atoms with E-state index in [0.29, 0.717) is 13.2 Å². The molecule has 6 nitrogen and oxygen atoms in total. The molecule has 1 aliphatic heterocycles. The third kappa shape index (κ3) is 4.94. The Labute approximate surface area is 166 Å². The summed E-state index contributed by atoms with van der Waals surface area (Å²) >= 11 is 0. The molecular weight excluding hydrogens is 409 g/mol. The summed E-state index contributed by atoms with van der Waals surface area (Å²) in [7, 11) is -5.46. The Balaban J connectivity index is 1.83. The third-order valence-electron chi connectivity index (χ3n) is 4.55. The summed E-state index contributed by atoms with van der Waals surface area (Å²) in [5.74, 6) is -0.430. The Morgan fingerprint density at radius 2 is 1.93 bits per heavy atom. The first-order valence-electron chi connectivity index (χ1n) is 8.89. The van der Waals surface area contributed by atoms with Gasteiger partial charge in [-0.05, 0) is 48.7 Å². The molecule has 156 valence electrons. The summed E-state index contributed by atoms with van der Waals surface area (Å²) in [6.45, 7) is 1.18. The number of hydrogen-bond donors (Lipinski definition) is 0. The van der Waals surface area contributed by atoms with Crippen molar-refractivity contribution in [2.24, 2.45) is 0 Å². The molecule has 0 N–H and O–H groups in total. The second kappa shape index (κ2) is 8.50. The quantitative estimate of drug-likeness (QED) is 0.706. The second-order valence-corrected chi connectivity index (χ2v) is 8.60. The summed E-state index contributed by atoms with van der Waals surface area (Å²) in [6, 6.07) is 7.32. The van der Waals surface area contributed by atoms with Crippen LogP contribution in [0.5, 0.6) is 0 Å². The van der Waals surface area contributed by atoms with Crippen molar-refractivity contribution in [2.75, 3.05) is 13.2 Å². The number of alkyl halides is 3. The minimum Gasteiger partial charge on any atom is -0.376 e. The smallest absolute Gasteiger partial charge is 0.376 e. The predicted octanol–water partition coefficient (Wildman–Crippen LogP) is 3.20. The summed E-state index contributed by atoms with van der Waals surface area (Å²) in [4.78, 5) is 17.6. The lowest BCUT2D eigenvalue weighted by molar-refractivity contribution is -0.0436. The molecule has 0 bridgehead atoms. The Hall–Kier alpha value is -2.46. The fraction of sp³-hybridized carbons (Fsp3) is 0.368. The molecular formula is C19H19F3N2O4S. The minimum atomic E-state index is -5.46. The third-order valence-corrected chi connectivity index (χ3v) is 6.05. The van der Waals surface area contributed by atoms with E-state index >= 15 is 0 Å². The van der Waals surface area contributed by atoms with Crippen LogP contribution in [0.25, 0.3) is 0 Å². The molecule has 0 radical (unpaired) electrons. The molecule has 29 heavy (non-hydrogen) atoms. The van der Waals surface area contributed by atoms with Gasteiger partial charge in [-0.2, -0.15) is 13.2 Å². The Kier molecular flexibility index (Phi) is 6.23. The fourth-order valence-electron chi connectivity index (χ4n) is 3.06. The average Bonchev–Trinajstić information content (AvgIpc) is 3.20. The lowest BCUT2D eigenvalue weighted by atomic mass is 10.1. The van der Waals surface area contributed by atoms with E-state index in [1.807, 2.05) is 6.07 Å². The van der Waals surface area contributed by atoms with E-state index in [1.54, 1.807) is 18.5 Å². The van der Waals surface area contributed by atoms with Crippen LogP contribution >= 0.6 is 0 Å². The van der Waals surface area contributed by atoms with Gasteiger partial charge < -0.3 is 9.64 Å². The number of ether oxygens (including phenoxy) is 1. The normalized spacial score (nSPS) is 17.3. The number of carbonyl (C=O) groups is 1. The van der Waals surface area contributed by atoms with Crippen molar-refractivity contribution in [1.82, 2.24) is 9.88 Å². The van der Waals surface area contributed by atoms with Crippen molar-refractivity contribution in [2.45, 2.75) is 35.9 Å². The van der Waals surface area contributed by atoms with Gasteiger partial charge in [0, 0.05) is 37.7 Å². The number of halogens is 3. The molecule has 1 amide bonds. The zero-order valence-corrected chi connectivity index (χ0v) is 16.1. The minimum absolute atomic E-state index is 0.0908. The Morgan fingerprint density at radius 3 is 2.48 bits per heavy atom. The Morgan fingerprint density at radius 1 is 1.21 bits per heavy atom. The van der Waals surface area contributed by atoms with Crippen molar-refractivity contribution in [3.05, 3.63) is 59.9 Å². The van der Waals surface area contributed by atoms with E-state index in [9.17, 15) is 26.4 Å². The van der Waals surface area contributed by atoms with Crippen LogP contribution < -0.4 is 0 Å². The molecule has 1 unspecified atom stereocenters. The average molecular weight is 428 g/mol. The van der Waals surface area contributed by atoms with Gasteiger partial charge in [0.2, 0.25) is 0 Å². The summed E-state index contributed by atoms with van der Waals surface area (Å²) in [5.41, 5.74) is -4.52. The van der Waals surface area contributed by atoms with Gasteiger partial charge in [0.05, 0.1) is 11.0 Å². The van der Waals surface area contributed by atoms with Gasteiger partial charge in [0.1, 0.15) is 0 Å². The molecule has 1 aliphatic rings. The molecule has 2 aromatic rings. The highest BCUT2D eigenvalue weighted by Crippen LogP contribution is 2.30. The highest BCUT2D eigenvalue weighted by molar-refractivity contribution is 7.92. The first kappa shape index (κ1) is 21.3.